The van der Waals surface area contributed by atoms with E-state index >= 15 is 0 Å². The fourth-order valence-corrected chi connectivity index (χ4v) is 2.36. The van der Waals surface area contributed by atoms with Crippen molar-refractivity contribution in [1.82, 2.24) is 14.4 Å². The van der Waals surface area contributed by atoms with E-state index in [1.165, 1.54) is 24.3 Å². The first-order valence-corrected chi connectivity index (χ1v) is 6.86. The molecule has 0 aliphatic carbocycles. The molecule has 0 atom stereocenters. The second-order valence-corrected chi connectivity index (χ2v) is 5.17. The van der Waals surface area contributed by atoms with Crippen molar-refractivity contribution in [3.05, 3.63) is 46.6 Å². The first kappa shape index (κ1) is 14.1. The van der Waals surface area contributed by atoms with Crippen molar-refractivity contribution >= 4 is 28.2 Å². The molecule has 1 aromatic carbocycles. The molecular weight excluding hydrogens is 398 g/mol. The van der Waals surface area contributed by atoms with Crippen molar-refractivity contribution in [2.45, 2.75) is 6.36 Å². The number of hydrogen-bond donors (Lipinski definition) is 0. The van der Waals surface area contributed by atoms with Crippen LogP contribution >= 0.6 is 22.6 Å². The minimum atomic E-state index is -4.69. The second kappa shape index (κ2) is 5.17. The monoisotopic (exact) mass is 405 g/mol. The number of halogens is 4. The Labute approximate surface area is 130 Å². The van der Waals surface area contributed by atoms with Crippen LogP contribution < -0.4 is 4.74 Å². The first-order valence-electron chi connectivity index (χ1n) is 5.78. The highest BCUT2D eigenvalue weighted by molar-refractivity contribution is 14.1. The van der Waals surface area contributed by atoms with Crippen LogP contribution in [0.2, 0.25) is 0 Å². The summed E-state index contributed by atoms with van der Waals surface area (Å²) in [6.45, 7) is 0. The topological polar surface area (TPSA) is 39.4 Å². The van der Waals surface area contributed by atoms with E-state index in [0.29, 0.717) is 16.9 Å². The van der Waals surface area contributed by atoms with Gasteiger partial charge in [0.2, 0.25) is 0 Å². The molecule has 4 nitrogen and oxygen atoms in total. The number of ether oxygens (including phenoxy) is 1. The maximum absolute atomic E-state index is 12.1. The van der Waals surface area contributed by atoms with Crippen molar-refractivity contribution in [3.63, 3.8) is 0 Å². The molecule has 0 N–H and O–H groups in total. The Morgan fingerprint density at radius 3 is 2.48 bits per heavy atom. The molecule has 0 aliphatic heterocycles. The summed E-state index contributed by atoms with van der Waals surface area (Å²) in [5.41, 5.74) is 2.05. The predicted molar refractivity (Wildman–Crippen MR) is 77.8 cm³/mol. The smallest absolute Gasteiger partial charge is 0.406 e. The summed E-state index contributed by atoms with van der Waals surface area (Å²) in [7, 11) is 0. The number of aromatic nitrogens is 3. The number of fused-ring (bicyclic) bond motifs is 1. The van der Waals surface area contributed by atoms with Crippen molar-refractivity contribution in [1.29, 1.82) is 0 Å². The average molecular weight is 405 g/mol. The van der Waals surface area contributed by atoms with Crippen LogP contribution in [0, 0.1) is 3.70 Å². The van der Waals surface area contributed by atoms with Crippen molar-refractivity contribution < 1.29 is 17.9 Å². The Morgan fingerprint density at radius 2 is 1.81 bits per heavy atom. The summed E-state index contributed by atoms with van der Waals surface area (Å²) in [6.07, 6.45) is -1.24. The predicted octanol–water partition coefficient (Wildman–Crippen LogP) is 3.90. The Balaban J connectivity index is 1.93. The van der Waals surface area contributed by atoms with Crippen molar-refractivity contribution in [2.24, 2.45) is 0 Å². The number of imidazole rings is 1. The normalized spacial score (nSPS) is 11.8. The Bertz CT molecular complexity index is 783. The van der Waals surface area contributed by atoms with Crippen LogP contribution in [0.15, 0.2) is 42.9 Å². The van der Waals surface area contributed by atoms with Gasteiger partial charge in [-0.1, -0.05) is 0 Å². The number of rotatable bonds is 2. The molecule has 0 aliphatic rings. The summed E-state index contributed by atoms with van der Waals surface area (Å²) >= 11 is 2.07. The van der Waals surface area contributed by atoms with Gasteiger partial charge in [0.05, 0.1) is 5.69 Å². The quantitative estimate of drug-likeness (QED) is 0.608. The summed E-state index contributed by atoms with van der Waals surface area (Å²) in [6, 6.07) is 7.35. The highest BCUT2D eigenvalue weighted by Gasteiger charge is 2.30. The molecule has 0 saturated heterocycles. The van der Waals surface area contributed by atoms with Gasteiger partial charge in [-0.2, -0.15) is 0 Å². The van der Waals surface area contributed by atoms with Crippen LogP contribution in [-0.4, -0.2) is 20.7 Å². The van der Waals surface area contributed by atoms with Gasteiger partial charge in [0.25, 0.3) is 0 Å². The lowest BCUT2D eigenvalue weighted by Gasteiger charge is -2.09. The molecule has 3 rings (SSSR count). The van der Waals surface area contributed by atoms with Gasteiger partial charge in [-0.3, -0.25) is 4.40 Å². The third-order valence-corrected chi connectivity index (χ3v) is 3.49. The highest BCUT2D eigenvalue weighted by Crippen LogP contribution is 2.26. The zero-order valence-corrected chi connectivity index (χ0v) is 12.5. The molecular formula is C13H7F3IN3O. The lowest BCUT2D eigenvalue weighted by atomic mass is 10.1. The minimum Gasteiger partial charge on any atom is -0.406 e. The molecule has 0 saturated carbocycles. The van der Waals surface area contributed by atoms with Gasteiger partial charge in [0.15, 0.2) is 5.65 Å². The van der Waals surface area contributed by atoms with E-state index < -0.39 is 6.36 Å². The Hall–Kier alpha value is -1.84. The van der Waals surface area contributed by atoms with Crippen LogP contribution in [0.4, 0.5) is 13.2 Å². The van der Waals surface area contributed by atoms with E-state index in [-0.39, 0.29) is 5.75 Å². The lowest BCUT2D eigenvalue weighted by Crippen LogP contribution is -2.16. The van der Waals surface area contributed by atoms with E-state index in [4.69, 9.17) is 0 Å². The Morgan fingerprint density at radius 1 is 1.10 bits per heavy atom. The standard InChI is InChI=1S/C13H7F3IN3O/c14-13(15,16)21-9-3-1-8(2-4-9)10-5-6-20-7-18-11(17)12(20)19-10/h1-7H. The van der Waals surface area contributed by atoms with E-state index in [1.54, 1.807) is 23.0 Å². The SMILES string of the molecule is FC(F)(F)Oc1ccc(-c2ccn3cnc(I)c3n2)cc1. The van der Waals surface area contributed by atoms with E-state index in [0.717, 1.165) is 3.70 Å². The van der Waals surface area contributed by atoms with Crippen molar-refractivity contribution in [2.75, 3.05) is 0 Å². The zero-order chi connectivity index (χ0) is 15.0. The highest BCUT2D eigenvalue weighted by atomic mass is 127. The van der Waals surface area contributed by atoms with E-state index in [9.17, 15) is 13.2 Å². The lowest BCUT2D eigenvalue weighted by molar-refractivity contribution is -0.274. The van der Waals surface area contributed by atoms with Crippen LogP contribution in [0.1, 0.15) is 0 Å². The van der Waals surface area contributed by atoms with E-state index in [1.807, 2.05) is 0 Å². The molecule has 0 fully saturated rings. The number of alkyl halides is 3. The molecule has 108 valence electrons. The fourth-order valence-electron chi connectivity index (χ4n) is 1.84. The Kier molecular flexibility index (Phi) is 3.47. The molecule has 0 bridgehead atoms. The number of nitrogens with zero attached hydrogens (tertiary/aromatic N) is 3. The van der Waals surface area contributed by atoms with Gasteiger partial charge in [-0.25, -0.2) is 9.97 Å². The molecule has 21 heavy (non-hydrogen) atoms. The molecule has 0 radical (unpaired) electrons. The average Bonchev–Trinajstić information content (AvgIpc) is 2.79. The maximum Gasteiger partial charge on any atom is 0.573 e. The van der Waals surface area contributed by atoms with Gasteiger partial charge in [-0.05, 0) is 52.9 Å². The zero-order valence-electron chi connectivity index (χ0n) is 10.3. The van der Waals surface area contributed by atoms with E-state index in [2.05, 4.69) is 37.3 Å². The molecule has 3 aromatic rings. The van der Waals surface area contributed by atoms with Crippen molar-refractivity contribution in [3.8, 4) is 17.0 Å². The molecule has 2 heterocycles. The van der Waals surface area contributed by atoms with Gasteiger partial charge in [0.1, 0.15) is 15.8 Å². The molecule has 0 spiro atoms. The molecule has 8 heteroatoms. The van der Waals surface area contributed by atoms with Crippen LogP contribution in [0.25, 0.3) is 16.9 Å². The third kappa shape index (κ3) is 3.09. The molecule has 2 aromatic heterocycles. The summed E-state index contributed by atoms with van der Waals surface area (Å²) in [5, 5.41) is 0. The first-order chi connectivity index (χ1) is 9.92. The van der Waals surface area contributed by atoms with Gasteiger partial charge in [0, 0.05) is 11.8 Å². The number of benzene rings is 1. The summed E-state index contributed by atoms with van der Waals surface area (Å²) in [4.78, 5) is 8.57. The second-order valence-electron chi connectivity index (χ2n) is 4.15. The number of hydrogen-bond acceptors (Lipinski definition) is 3. The molecule has 0 unspecified atom stereocenters. The van der Waals surface area contributed by atoms with Crippen LogP contribution in [-0.2, 0) is 0 Å². The van der Waals surface area contributed by atoms with Gasteiger partial charge < -0.3 is 4.74 Å². The largest absolute Gasteiger partial charge is 0.573 e. The third-order valence-electron chi connectivity index (χ3n) is 2.73. The molecule has 0 amide bonds. The summed E-state index contributed by atoms with van der Waals surface area (Å²) < 4.78 is 42.7. The van der Waals surface area contributed by atoms with Gasteiger partial charge in [-0.15, -0.1) is 13.2 Å². The minimum absolute atomic E-state index is 0.258. The van der Waals surface area contributed by atoms with Crippen LogP contribution in [0.3, 0.4) is 0 Å². The maximum atomic E-state index is 12.1. The van der Waals surface area contributed by atoms with Crippen LogP contribution in [0.5, 0.6) is 5.75 Å². The summed E-state index contributed by atoms with van der Waals surface area (Å²) in [5.74, 6) is -0.258. The fraction of sp³-hybridized carbons (Fsp3) is 0.0769. The van der Waals surface area contributed by atoms with Gasteiger partial charge >= 0.3 is 6.36 Å².